The van der Waals surface area contributed by atoms with Gasteiger partial charge in [0, 0.05) is 18.0 Å². The van der Waals surface area contributed by atoms with Crippen molar-refractivity contribution in [1.29, 1.82) is 0 Å². The van der Waals surface area contributed by atoms with E-state index in [0.717, 1.165) is 5.69 Å². The predicted octanol–water partition coefficient (Wildman–Crippen LogP) is 0.735. The SMILES string of the molecule is CC(C)(NC(=O)Nc1ccc(-n2ccc(=O)[nH]2)cc1)c1nn[nH]n1. The first-order valence-corrected chi connectivity index (χ1v) is 7.15. The zero-order chi connectivity index (χ0) is 17.2. The Labute approximate surface area is 136 Å². The highest BCUT2D eigenvalue weighted by Gasteiger charge is 2.27. The summed E-state index contributed by atoms with van der Waals surface area (Å²) in [6.07, 6.45) is 1.63. The van der Waals surface area contributed by atoms with Gasteiger partial charge in [0.25, 0.3) is 5.56 Å². The molecule has 3 aromatic rings. The van der Waals surface area contributed by atoms with E-state index in [-0.39, 0.29) is 5.56 Å². The Bertz CT molecular complexity index is 876. The standard InChI is InChI=1S/C14H16N8O2/c1-14(2,12-17-20-21-18-12)16-13(24)15-9-3-5-10(6-4-9)22-8-7-11(23)19-22/h3-8H,1-2H3,(H,19,23)(H2,15,16,24)(H,17,18,20,21). The third-order valence-corrected chi connectivity index (χ3v) is 3.34. The molecule has 0 aliphatic rings. The number of carbonyl (C=O) groups is 1. The van der Waals surface area contributed by atoms with Gasteiger partial charge in [0.2, 0.25) is 0 Å². The van der Waals surface area contributed by atoms with Crippen molar-refractivity contribution in [2.45, 2.75) is 19.4 Å². The molecule has 1 aromatic carbocycles. The van der Waals surface area contributed by atoms with E-state index >= 15 is 0 Å². The maximum atomic E-state index is 12.1. The number of tetrazole rings is 1. The van der Waals surface area contributed by atoms with Crippen LogP contribution in [0.2, 0.25) is 0 Å². The van der Waals surface area contributed by atoms with Gasteiger partial charge in [-0.05, 0) is 38.1 Å². The minimum absolute atomic E-state index is 0.180. The Morgan fingerprint density at radius 1 is 1.21 bits per heavy atom. The van der Waals surface area contributed by atoms with E-state index in [1.165, 1.54) is 6.07 Å². The third-order valence-electron chi connectivity index (χ3n) is 3.34. The first-order valence-electron chi connectivity index (χ1n) is 7.15. The van der Waals surface area contributed by atoms with Gasteiger partial charge >= 0.3 is 6.03 Å². The second kappa shape index (κ2) is 5.99. The zero-order valence-electron chi connectivity index (χ0n) is 13.1. The number of anilines is 1. The van der Waals surface area contributed by atoms with Crippen LogP contribution in [-0.4, -0.2) is 36.4 Å². The molecule has 10 heteroatoms. The van der Waals surface area contributed by atoms with E-state index in [1.54, 1.807) is 49.0 Å². The van der Waals surface area contributed by atoms with Crippen LogP contribution in [0.25, 0.3) is 5.69 Å². The highest BCUT2D eigenvalue weighted by atomic mass is 16.2. The molecular formula is C14H16N8O2. The summed E-state index contributed by atoms with van der Waals surface area (Å²) in [5.74, 6) is 0.379. The molecule has 10 nitrogen and oxygen atoms in total. The number of amides is 2. The van der Waals surface area contributed by atoms with Gasteiger partial charge in [-0.2, -0.15) is 5.21 Å². The smallest absolute Gasteiger partial charge is 0.320 e. The maximum absolute atomic E-state index is 12.1. The number of hydrogen-bond acceptors (Lipinski definition) is 5. The van der Waals surface area contributed by atoms with Gasteiger partial charge in [-0.3, -0.25) is 14.6 Å². The number of aromatic nitrogens is 6. The fraction of sp³-hybridized carbons (Fsp3) is 0.214. The van der Waals surface area contributed by atoms with Gasteiger partial charge in [-0.25, -0.2) is 4.79 Å². The zero-order valence-corrected chi connectivity index (χ0v) is 13.1. The summed E-state index contributed by atoms with van der Waals surface area (Å²) in [4.78, 5) is 23.3. The summed E-state index contributed by atoms with van der Waals surface area (Å²) in [7, 11) is 0. The van der Waals surface area contributed by atoms with Crippen molar-refractivity contribution in [1.82, 2.24) is 35.7 Å². The predicted molar refractivity (Wildman–Crippen MR) is 85.7 cm³/mol. The average Bonchev–Trinajstić information content (AvgIpc) is 3.19. The molecule has 2 amide bonds. The second-order valence-electron chi connectivity index (χ2n) is 5.65. The lowest BCUT2D eigenvalue weighted by Crippen LogP contribution is -2.44. The molecule has 0 saturated carbocycles. The summed E-state index contributed by atoms with van der Waals surface area (Å²) in [5, 5.41) is 21.7. The largest absolute Gasteiger partial charge is 0.326 e. The van der Waals surface area contributed by atoms with Crippen LogP contribution < -0.4 is 16.2 Å². The van der Waals surface area contributed by atoms with Crippen LogP contribution >= 0.6 is 0 Å². The molecule has 0 aliphatic heterocycles. The molecule has 0 fully saturated rings. The van der Waals surface area contributed by atoms with Crippen LogP contribution in [0.15, 0.2) is 41.3 Å². The van der Waals surface area contributed by atoms with Crippen LogP contribution in [0.3, 0.4) is 0 Å². The number of aromatic amines is 2. The molecular weight excluding hydrogens is 312 g/mol. The van der Waals surface area contributed by atoms with Gasteiger partial charge < -0.3 is 10.6 Å². The number of rotatable bonds is 4. The summed E-state index contributed by atoms with van der Waals surface area (Å²) >= 11 is 0. The number of hydrogen-bond donors (Lipinski definition) is 4. The Morgan fingerprint density at radius 2 is 1.96 bits per heavy atom. The normalized spacial score (nSPS) is 11.2. The van der Waals surface area contributed by atoms with Crippen LogP contribution in [-0.2, 0) is 5.54 Å². The highest BCUT2D eigenvalue weighted by Crippen LogP contribution is 2.15. The Hall–Kier alpha value is -3.43. The van der Waals surface area contributed by atoms with Crippen LogP contribution in [0, 0.1) is 0 Å². The fourth-order valence-electron chi connectivity index (χ4n) is 2.12. The maximum Gasteiger partial charge on any atom is 0.320 e. The van der Waals surface area contributed by atoms with E-state index in [0.29, 0.717) is 11.5 Å². The number of H-pyrrole nitrogens is 2. The molecule has 0 radical (unpaired) electrons. The lowest BCUT2D eigenvalue weighted by Gasteiger charge is -2.22. The molecule has 0 saturated heterocycles. The monoisotopic (exact) mass is 328 g/mol. The van der Waals surface area contributed by atoms with E-state index in [2.05, 4.69) is 36.4 Å². The molecule has 0 bridgehead atoms. The van der Waals surface area contributed by atoms with Crippen LogP contribution in [0.5, 0.6) is 0 Å². The molecule has 24 heavy (non-hydrogen) atoms. The number of carbonyl (C=O) groups excluding carboxylic acids is 1. The number of urea groups is 1. The Morgan fingerprint density at radius 3 is 2.54 bits per heavy atom. The van der Waals surface area contributed by atoms with E-state index in [9.17, 15) is 9.59 Å². The molecule has 2 heterocycles. The Kier molecular flexibility index (Phi) is 3.86. The van der Waals surface area contributed by atoms with Gasteiger partial charge in [0.05, 0.1) is 11.2 Å². The van der Waals surface area contributed by atoms with Gasteiger partial charge in [-0.1, -0.05) is 5.21 Å². The number of nitrogens with zero attached hydrogens (tertiary/aromatic N) is 4. The molecule has 0 atom stereocenters. The Balaban J connectivity index is 1.65. The van der Waals surface area contributed by atoms with Crippen LogP contribution in [0.1, 0.15) is 19.7 Å². The lowest BCUT2D eigenvalue weighted by molar-refractivity contribution is 0.240. The molecule has 4 N–H and O–H groups in total. The molecule has 0 aliphatic carbocycles. The molecule has 3 rings (SSSR count). The highest BCUT2D eigenvalue weighted by molar-refractivity contribution is 5.89. The van der Waals surface area contributed by atoms with Crippen molar-refractivity contribution < 1.29 is 4.79 Å². The van der Waals surface area contributed by atoms with Crippen molar-refractivity contribution in [2.24, 2.45) is 0 Å². The van der Waals surface area contributed by atoms with E-state index in [1.807, 2.05) is 0 Å². The molecule has 0 unspecified atom stereocenters. The third kappa shape index (κ3) is 3.32. The first-order chi connectivity index (χ1) is 11.4. The lowest BCUT2D eigenvalue weighted by atomic mass is 10.1. The minimum atomic E-state index is -0.776. The van der Waals surface area contributed by atoms with E-state index in [4.69, 9.17) is 0 Å². The van der Waals surface area contributed by atoms with Crippen molar-refractivity contribution in [3.05, 3.63) is 52.7 Å². The summed E-state index contributed by atoms with van der Waals surface area (Å²) in [6, 6.07) is 8.04. The van der Waals surface area contributed by atoms with Crippen molar-refractivity contribution >= 4 is 11.7 Å². The van der Waals surface area contributed by atoms with E-state index < -0.39 is 11.6 Å². The average molecular weight is 328 g/mol. The van der Waals surface area contributed by atoms with Crippen molar-refractivity contribution in [2.75, 3.05) is 5.32 Å². The van der Waals surface area contributed by atoms with Crippen molar-refractivity contribution in [3.8, 4) is 5.69 Å². The summed E-state index contributed by atoms with van der Waals surface area (Å²) < 4.78 is 1.59. The fourth-order valence-corrected chi connectivity index (χ4v) is 2.12. The molecule has 0 spiro atoms. The first kappa shape index (κ1) is 15.5. The summed E-state index contributed by atoms with van der Waals surface area (Å²) in [6.45, 7) is 3.53. The summed E-state index contributed by atoms with van der Waals surface area (Å²) in [5.41, 5.74) is 0.423. The molecule has 2 aromatic heterocycles. The number of benzene rings is 1. The topological polar surface area (TPSA) is 133 Å². The minimum Gasteiger partial charge on any atom is -0.326 e. The van der Waals surface area contributed by atoms with Crippen molar-refractivity contribution in [3.63, 3.8) is 0 Å². The van der Waals surface area contributed by atoms with Crippen LogP contribution in [0.4, 0.5) is 10.5 Å². The second-order valence-corrected chi connectivity index (χ2v) is 5.65. The quantitative estimate of drug-likeness (QED) is 0.560. The number of nitrogens with one attached hydrogen (secondary N) is 4. The van der Waals surface area contributed by atoms with Gasteiger partial charge in [-0.15, -0.1) is 10.2 Å². The molecule has 124 valence electrons. The van der Waals surface area contributed by atoms with Gasteiger partial charge in [0.1, 0.15) is 0 Å². The van der Waals surface area contributed by atoms with Gasteiger partial charge in [0.15, 0.2) is 5.82 Å².